The van der Waals surface area contributed by atoms with Crippen LogP contribution >= 0.6 is 0 Å². The fourth-order valence-corrected chi connectivity index (χ4v) is 2.04. The van der Waals surface area contributed by atoms with Crippen molar-refractivity contribution in [1.29, 1.82) is 0 Å². The van der Waals surface area contributed by atoms with Crippen molar-refractivity contribution >= 4 is 0 Å². The molecule has 1 aromatic heterocycles. The number of rotatable bonds is 4. The van der Waals surface area contributed by atoms with Gasteiger partial charge in [-0.3, -0.25) is 4.68 Å². The molecule has 0 amide bonds. The van der Waals surface area contributed by atoms with E-state index in [0.29, 0.717) is 12.0 Å². The van der Waals surface area contributed by atoms with Crippen LogP contribution in [0.2, 0.25) is 0 Å². The summed E-state index contributed by atoms with van der Waals surface area (Å²) < 4.78 is 15.5. The lowest BCUT2D eigenvalue weighted by atomic mass is 9.89. The fraction of sp³-hybridized carbons (Fsp3) is 0.385. The summed E-state index contributed by atoms with van der Waals surface area (Å²) in [7, 11) is 0. The molecule has 2 rings (SSSR count). The van der Waals surface area contributed by atoms with Crippen LogP contribution in [0, 0.1) is 5.82 Å². The van der Waals surface area contributed by atoms with Gasteiger partial charge in [0.2, 0.25) is 0 Å². The lowest BCUT2D eigenvalue weighted by molar-refractivity contribution is 0.433. The molecule has 0 radical (unpaired) electrons. The Kier molecular flexibility index (Phi) is 3.43. The zero-order valence-electron chi connectivity index (χ0n) is 10.6. The van der Waals surface area contributed by atoms with Gasteiger partial charge in [-0.15, -0.1) is 0 Å². The number of hydrogen-bond donors (Lipinski definition) is 1. The van der Waals surface area contributed by atoms with Gasteiger partial charge >= 0.3 is 0 Å². The predicted molar refractivity (Wildman–Crippen MR) is 67.3 cm³/mol. The highest BCUT2D eigenvalue weighted by atomic mass is 19.1. The molecule has 0 aliphatic rings. The van der Waals surface area contributed by atoms with Crippen LogP contribution in [0.5, 0.6) is 0 Å². The minimum Gasteiger partial charge on any atom is -0.321 e. The standard InChI is InChI=1S/C13H17FN4/c1-3-18-12(16-9-17-18)8-13(2,15)10-6-4-5-7-11(10)14/h4-7,9H,3,8,15H2,1-2H3. The topological polar surface area (TPSA) is 56.7 Å². The monoisotopic (exact) mass is 248 g/mol. The normalized spacial score (nSPS) is 14.4. The summed E-state index contributed by atoms with van der Waals surface area (Å²) in [6.07, 6.45) is 1.94. The Balaban J connectivity index is 2.30. The van der Waals surface area contributed by atoms with E-state index in [1.54, 1.807) is 29.8 Å². The Bertz CT molecular complexity index is 533. The van der Waals surface area contributed by atoms with Gasteiger partial charge in [0.25, 0.3) is 0 Å². The lowest BCUT2D eigenvalue weighted by Crippen LogP contribution is -2.37. The second-order valence-electron chi connectivity index (χ2n) is 4.57. The Morgan fingerprint density at radius 3 is 2.78 bits per heavy atom. The van der Waals surface area contributed by atoms with Crippen LogP contribution < -0.4 is 5.73 Å². The van der Waals surface area contributed by atoms with Crippen molar-refractivity contribution in [3.8, 4) is 0 Å². The quantitative estimate of drug-likeness (QED) is 0.898. The second kappa shape index (κ2) is 4.86. The van der Waals surface area contributed by atoms with E-state index in [1.807, 2.05) is 6.92 Å². The zero-order chi connectivity index (χ0) is 13.2. The van der Waals surface area contributed by atoms with E-state index in [4.69, 9.17) is 5.73 Å². The number of nitrogens with two attached hydrogens (primary N) is 1. The summed E-state index contributed by atoms with van der Waals surface area (Å²) in [5.74, 6) is 0.482. The van der Waals surface area contributed by atoms with Crippen LogP contribution in [0.15, 0.2) is 30.6 Å². The highest BCUT2D eigenvalue weighted by Gasteiger charge is 2.26. The summed E-state index contributed by atoms with van der Waals surface area (Å²) in [6, 6.07) is 6.57. The minimum absolute atomic E-state index is 0.287. The van der Waals surface area contributed by atoms with Gasteiger partial charge in [-0.1, -0.05) is 18.2 Å². The van der Waals surface area contributed by atoms with E-state index in [-0.39, 0.29) is 5.82 Å². The number of aromatic nitrogens is 3. The molecule has 1 atom stereocenters. The molecule has 0 aliphatic carbocycles. The molecule has 0 spiro atoms. The average Bonchev–Trinajstić information content (AvgIpc) is 2.76. The van der Waals surface area contributed by atoms with Crippen LogP contribution in [-0.4, -0.2) is 14.8 Å². The van der Waals surface area contributed by atoms with Crippen molar-refractivity contribution in [2.45, 2.75) is 32.4 Å². The van der Waals surface area contributed by atoms with Crippen molar-refractivity contribution in [2.24, 2.45) is 5.73 Å². The summed E-state index contributed by atoms with van der Waals surface area (Å²) in [4.78, 5) is 4.18. The van der Waals surface area contributed by atoms with Crippen LogP contribution in [-0.2, 0) is 18.5 Å². The molecule has 1 aromatic carbocycles. The average molecular weight is 248 g/mol. The van der Waals surface area contributed by atoms with E-state index in [9.17, 15) is 4.39 Å². The van der Waals surface area contributed by atoms with E-state index in [2.05, 4.69) is 10.1 Å². The molecular formula is C13H17FN4. The largest absolute Gasteiger partial charge is 0.321 e. The van der Waals surface area contributed by atoms with Crippen molar-refractivity contribution < 1.29 is 4.39 Å². The van der Waals surface area contributed by atoms with Crippen LogP contribution in [0.3, 0.4) is 0 Å². The van der Waals surface area contributed by atoms with Gasteiger partial charge in [-0.25, -0.2) is 9.37 Å². The number of nitrogens with zero attached hydrogens (tertiary/aromatic N) is 3. The van der Waals surface area contributed by atoms with Gasteiger partial charge in [0.05, 0.1) is 0 Å². The van der Waals surface area contributed by atoms with Crippen LogP contribution in [0.1, 0.15) is 25.2 Å². The first kappa shape index (κ1) is 12.7. The maximum Gasteiger partial charge on any atom is 0.138 e. The lowest BCUT2D eigenvalue weighted by Gasteiger charge is -2.25. The second-order valence-corrected chi connectivity index (χ2v) is 4.57. The van der Waals surface area contributed by atoms with Gasteiger partial charge in [-0.05, 0) is 19.9 Å². The minimum atomic E-state index is -0.800. The molecule has 18 heavy (non-hydrogen) atoms. The maximum atomic E-state index is 13.8. The van der Waals surface area contributed by atoms with Crippen molar-refractivity contribution in [3.05, 3.63) is 47.8 Å². The number of halogens is 1. The molecule has 0 bridgehead atoms. The molecule has 0 saturated heterocycles. The molecule has 5 heteroatoms. The van der Waals surface area contributed by atoms with Gasteiger partial charge in [0.1, 0.15) is 18.0 Å². The maximum absolute atomic E-state index is 13.8. The van der Waals surface area contributed by atoms with Crippen molar-refractivity contribution in [1.82, 2.24) is 14.8 Å². The van der Waals surface area contributed by atoms with Crippen molar-refractivity contribution in [3.63, 3.8) is 0 Å². The molecule has 1 unspecified atom stereocenters. The van der Waals surface area contributed by atoms with E-state index < -0.39 is 5.54 Å². The van der Waals surface area contributed by atoms with E-state index >= 15 is 0 Å². The highest BCUT2D eigenvalue weighted by Crippen LogP contribution is 2.24. The Morgan fingerprint density at radius 2 is 2.11 bits per heavy atom. The van der Waals surface area contributed by atoms with Crippen LogP contribution in [0.25, 0.3) is 0 Å². The van der Waals surface area contributed by atoms with Gasteiger partial charge in [0.15, 0.2) is 0 Å². The summed E-state index contributed by atoms with van der Waals surface area (Å²) in [5, 5.41) is 4.09. The van der Waals surface area contributed by atoms with Gasteiger partial charge < -0.3 is 5.73 Å². The summed E-state index contributed by atoms with van der Waals surface area (Å²) >= 11 is 0. The molecule has 0 saturated carbocycles. The number of aryl methyl sites for hydroxylation is 1. The third kappa shape index (κ3) is 2.41. The zero-order valence-corrected chi connectivity index (χ0v) is 10.6. The van der Waals surface area contributed by atoms with E-state index in [0.717, 1.165) is 12.4 Å². The molecule has 0 fully saturated rings. The molecular weight excluding hydrogens is 231 g/mol. The SMILES string of the molecule is CCn1ncnc1CC(C)(N)c1ccccc1F. The number of hydrogen-bond acceptors (Lipinski definition) is 3. The van der Waals surface area contributed by atoms with E-state index in [1.165, 1.54) is 12.4 Å². The Labute approximate surface area is 106 Å². The first-order chi connectivity index (χ1) is 8.54. The van der Waals surface area contributed by atoms with Gasteiger partial charge in [-0.2, -0.15) is 5.10 Å². The predicted octanol–water partition coefficient (Wildman–Crippen LogP) is 1.85. The molecule has 1 heterocycles. The Morgan fingerprint density at radius 1 is 1.39 bits per heavy atom. The first-order valence-electron chi connectivity index (χ1n) is 5.95. The van der Waals surface area contributed by atoms with Crippen LogP contribution in [0.4, 0.5) is 4.39 Å². The third-order valence-corrected chi connectivity index (χ3v) is 3.01. The van der Waals surface area contributed by atoms with Gasteiger partial charge in [0, 0.05) is 24.1 Å². The summed E-state index contributed by atoms with van der Waals surface area (Å²) in [6.45, 7) is 4.51. The molecule has 0 aliphatic heterocycles. The molecule has 2 aromatic rings. The number of benzene rings is 1. The fourth-order valence-electron chi connectivity index (χ4n) is 2.04. The highest BCUT2D eigenvalue weighted by molar-refractivity contribution is 5.26. The van der Waals surface area contributed by atoms with Crippen molar-refractivity contribution in [2.75, 3.05) is 0 Å². The molecule has 4 nitrogen and oxygen atoms in total. The smallest absolute Gasteiger partial charge is 0.138 e. The third-order valence-electron chi connectivity index (χ3n) is 3.01. The summed E-state index contributed by atoms with van der Waals surface area (Å²) in [5.41, 5.74) is 5.93. The molecule has 2 N–H and O–H groups in total. The molecule has 96 valence electrons. The Hall–Kier alpha value is -1.75. The first-order valence-corrected chi connectivity index (χ1v) is 5.95.